The third-order valence-corrected chi connectivity index (χ3v) is 4.57. The molecule has 0 radical (unpaired) electrons. The third-order valence-electron chi connectivity index (χ3n) is 4.57. The van der Waals surface area contributed by atoms with Crippen molar-refractivity contribution in [3.63, 3.8) is 0 Å². The van der Waals surface area contributed by atoms with Crippen LogP contribution in [0, 0.1) is 5.92 Å². The number of piperidine rings is 1. The van der Waals surface area contributed by atoms with E-state index in [-0.39, 0.29) is 18.8 Å². The van der Waals surface area contributed by atoms with Crippen molar-refractivity contribution in [1.29, 1.82) is 0 Å². The molecule has 0 amide bonds. The lowest BCUT2D eigenvalue weighted by atomic mass is 9.86. The highest BCUT2D eigenvalue weighted by atomic mass is 16.3. The van der Waals surface area contributed by atoms with Crippen molar-refractivity contribution in [2.75, 3.05) is 19.7 Å². The predicted octanol–water partition coefficient (Wildman–Crippen LogP) is 1.77. The first kappa shape index (κ1) is 13.3. The van der Waals surface area contributed by atoms with Gasteiger partial charge in [-0.15, -0.1) is 0 Å². The van der Waals surface area contributed by atoms with Crippen LogP contribution in [0.3, 0.4) is 0 Å². The molecule has 0 bridgehead atoms. The Morgan fingerprint density at radius 1 is 1.06 bits per heavy atom. The van der Waals surface area contributed by atoms with Gasteiger partial charge in [0.25, 0.3) is 0 Å². The molecule has 1 saturated carbocycles. The zero-order valence-electron chi connectivity index (χ0n) is 10.9. The van der Waals surface area contributed by atoms with E-state index in [1.165, 1.54) is 38.5 Å². The number of rotatable bonds is 4. The van der Waals surface area contributed by atoms with Gasteiger partial charge in [0.2, 0.25) is 0 Å². The topological polar surface area (TPSA) is 43.7 Å². The van der Waals surface area contributed by atoms with E-state index in [1.54, 1.807) is 0 Å². The fraction of sp³-hybridized carbons (Fsp3) is 1.00. The first-order valence-corrected chi connectivity index (χ1v) is 7.32. The van der Waals surface area contributed by atoms with Crippen molar-refractivity contribution in [3.05, 3.63) is 0 Å². The monoisotopic (exact) mass is 241 g/mol. The standard InChI is InChI=1S/C14H27NO2/c16-11-13-10-14(17)7-9-15(13)8-6-12-4-2-1-3-5-12/h12-14,16-17H,1-11H2/t13-,14+/m0/s1. The Labute approximate surface area is 105 Å². The summed E-state index contributed by atoms with van der Waals surface area (Å²) in [6.07, 6.45) is 9.76. The molecular weight excluding hydrogens is 214 g/mol. The second-order valence-electron chi connectivity index (χ2n) is 5.84. The normalized spacial score (nSPS) is 32.8. The lowest BCUT2D eigenvalue weighted by molar-refractivity contribution is 0.0138. The van der Waals surface area contributed by atoms with Gasteiger partial charge >= 0.3 is 0 Å². The molecule has 2 fully saturated rings. The fourth-order valence-electron chi connectivity index (χ4n) is 3.39. The molecule has 1 aliphatic heterocycles. The van der Waals surface area contributed by atoms with Crippen molar-refractivity contribution in [1.82, 2.24) is 4.90 Å². The Morgan fingerprint density at radius 2 is 1.82 bits per heavy atom. The zero-order chi connectivity index (χ0) is 12.1. The van der Waals surface area contributed by atoms with E-state index in [1.807, 2.05) is 0 Å². The Kier molecular flexibility index (Phi) is 5.26. The molecule has 2 aliphatic rings. The molecule has 100 valence electrons. The van der Waals surface area contributed by atoms with Gasteiger partial charge in [0.05, 0.1) is 12.7 Å². The van der Waals surface area contributed by atoms with Crippen molar-refractivity contribution < 1.29 is 10.2 Å². The molecule has 2 rings (SSSR count). The quantitative estimate of drug-likeness (QED) is 0.788. The maximum atomic E-state index is 9.61. The molecule has 3 nitrogen and oxygen atoms in total. The van der Waals surface area contributed by atoms with Gasteiger partial charge in [0.1, 0.15) is 0 Å². The summed E-state index contributed by atoms with van der Waals surface area (Å²) in [4.78, 5) is 2.39. The van der Waals surface area contributed by atoms with Gasteiger partial charge in [0.15, 0.2) is 0 Å². The number of likely N-dealkylation sites (tertiary alicyclic amines) is 1. The molecule has 0 aromatic heterocycles. The van der Waals surface area contributed by atoms with Crippen LogP contribution in [-0.2, 0) is 0 Å². The SMILES string of the molecule is OC[C@@H]1C[C@H](O)CCN1CCC1CCCCC1. The summed E-state index contributed by atoms with van der Waals surface area (Å²) in [5, 5.41) is 19.0. The molecule has 1 aliphatic carbocycles. The third kappa shape index (κ3) is 3.94. The van der Waals surface area contributed by atoms with Gasteiger partial charge in [-0.3, -0.25) is 4.90 Å². The minimum Gasteiger partial charge on any atom is -0.395 e. The van der Waals surface area contributed by atoms with Crippen LogP contribution in [0.4, 0.5) is 0 Å². The average molecular weight is 241 g/mol. The van der Waals surface area contributed by atoms with Crippen LogP contribution in [0.15, 0.2) is 0 Å². The summed E-state index contributed by atoms with van der Waals surface area (Å²) in [5.41, 5.74) is 0. The Hall–Kier alpha value is -0.120. The molecule has 0 spiro atoms. The van der Waals surface area contributed by atoms with Crippen molar-refractivity contribution in [2.24, 2.45) is 5.92 Å². The van der Waals surface area contributed by atoms with Gasteiger partial charge < -0.3 is 10.2 Å². The van der Waals surface area contributed by atoms with Crippen LogP contribution < -0.4 is 0 Å². The Bertz CT molecular complexity index is 216. The first-order chi connectivity index (χ1) is 8.29. The highest BCUT2D eigenvalue weighted by Crippen LogP contribution is 2.27. The molecule has 2 atom stereocenters. The van der Waals surface area contributed by atoms with Gasteiger partial charge in [0, 0.05) is 12.6 Å². The maximum absolute atomic E-state index is 9.61. The Morgan fingerprint density at radius 3 is 2.53 bits per heavy atom. The summed E-state index contributed by atoms with van der Waals surface area (Å²) in [5.74, 6) is 0.912. The van der Waals surface area contributed by atoms with E-state index in [0.29, 0.717) is 0 Å². The summed E-state index contributed by atoms with van der Waals surface area (Å²) >= 11 is 0. The molecule has 0 unspecified atom stereocenters. The Balaban J connectivity index is 1.73. The molecule has 2 N–H and O–H groups in total. The molecule has 0 aromatic carbocycles. The highest BCUT2D eigenvalue weighted by molar-refractivity contribution is 4.81. The number of aliphatic hydroxyl groups excluding tert-OH is 2. The summed E-state index contributed by atoms with van der Waals surface area (Å²) < 4.78 is 0. The van der Waals surface area contributed by atoms with Crippen LogP contribution in [0.1, 0.15) is 51.4 Å². The van der Waals surface area contributed by atoms with Crippen molar-refractivity contribution >= 4 is 0 Å². The summed E-state index contributed by atoms with van der Waals surface area (Å²) in [6.45, 7) is 2.27. The van der Waals surface area contributed by atoms with Crippen LogP contribution in [0.2, 0.25) is 0 Å². The minimum atomic E-state index is -0.196. The summed E-state index contributed by atoms with van der Waals surface area (Å²) in [6, 6.07) is 0.197. The van der Waals surface area contributed by atoms with E-state index in [2.05, 4.69) is 4.90 Å². The van der Waals surface area contributed by atoms with E-state index in [4.69, 9.17) is 0 Å². The highest BCUT2D eigenvalue weighted by Gasteiger charge is 2.27. The largest absolute Gasteiger partial charge is 0.395 e. The van der Waals surface area contributed by atoms with E-state index in [9.17, 15) is 10.2 Å². The lowest BCUT2D eigenvalue weighted by Crippen LogP contribution is -2.46. The van der Waals surface area contributed by atoms with Crippen LogP contribution in [-0.4, -0.2) is 47.0 Å². The molecule has 1 saturated heterocycles. The van der Waals surface area contributed by atoms with Gasteiger partial charge in [-0.25, -0.2) is 0 Å². The van der Waals surface area contributed by atoms with Crippen LogP contribution in [0.5, 0.6) is 0 Å². The minimum absolute atomic E-state index is 0.196. The van der Waals surface area contributed by atoms with Gasteiger partial charge in [-0.1, -0.05) is 32.1 Å². The van der Waals surface area contributed by atoms with Crippen molar-refractivity contribution in [2.45, 2.75) is 63.5 Å². The van der Waals surface area contributed by atoms with E-state index < -0.39 is 0 Å². The molecule has 3 heteroatoms. The van der Waals surface area contributed by atoms with Gasteiger partial charge in [-0.05, 0) is 31.7 Å². The predicted molar refractivity (Wildman–Crippen MR) is 68.9 cm³/mol. The van der Waals surface area contributed by atoms with Crippen molar-refractivity contribution in [3.8, 4) is 0 Å². The van der Waals surface area contributed by atoms with E-state index >= 15 is 0 Å². The number of hydrogen-bond acceptors (Lipinski definition) is 3. The first-order valence-electron chi connectivity index (χ1n) is 7.32. The number of nitrogens with zero attached hydrogens (tertiary/aromatic N) is 1. The smallest absolute Gasteiger partial charge is 0.0587 e. The molecule has 1 heterocycles. The number of hydrogen-bond donors (Lipinski definition) is 2. The zero-order valence-corrected chi connectivity index (χ0v) is 10.9. The second kappa shape index (κ2) is 6.72. The summed E-state index contributed by atoms with van der Waals surface area (Å²) in [7, 11) is 0. The lowest BCUT2D eigenvalue weighted by Gasteiger charge is -2.37. The van der Waals surface area contributed by atoms with Crippen LogP contribution >= 0.6 is 0 Å². The maximum Gasteiger partial charge on any atom is 0.0587 e. The molecule has 0 aromatic rings. The molecule has 17 heavy (non-hydrogen) atoms. The van der Waals surface area contributed by atoms with Gasteiger partial charge in [-0.2, -0.15) is 0 Å². The second-order valence-corrected chi connectivity index (χ2v) is 5.84. The average Bonchev–Trinajstić information content (AvgIpc) is 2.38. The fourth-order valence-corrected chi connectivity index (χ4v) is 3.39. The van der Waals surface area contributed by atoms with Crippen LogP contribution in [0.25, 0.3) is 0 Å². The molecular formula is C14H27NO2. The van der Waals surface area contributed by atoms with E-state index in [0.717, 1.165) is 31.8 Å². The number of aliphatic hydroxyl groups is 2.